The fourth-order valence-corrected chi connectivity index (χ4v) is 7.13. The van der Waals surface area contributed by atoms with Gasteiger partial charge in [0.25, 0.3) is 10.0 Å². The quantitative estimate of drug-likeness (QED) is 0.449. The molecular formula is C26H28ClNO3SSi. The van der Waals surface area contributed by atoms with Crippen molar-refractivity contribution < 1.29 is 13.5 Å². The largest absolute Gasteiger partial charge is 0.378 e. The summed E-state index contributed by atoms with van der Waals surface area (Å²) in [7, 11) is -5.76. The third kappa shape index (κ3) is 4.53. The molecule has 1 atom stereocenters. The molecule has 7 heteroatoms. The topological polar surface area (TPSA) is 57.6 Å². The lowest BCUT2D eigenvalue weighted by Gasteiger charge is -2.43. The number of fused-ring (bicyclic) bond motifs is 1. The molecule has 0 spiro atoms. The maximum Gasteiger partial charge on any atom is 0.264 e. The van der Waals surface area contributed by atoms with Crippen molar-refractivity contribution in [3.63, 3.8) is 0 Å². The fraction of sp³-hybridized carbons (Fsp3) is 0.231. The Bertz CT molecular complexity index is 1320. The van der Waals surface area contributed by atoms with Crippen LogP contribution < -0.4 is 4.31 Å². The molecule has 0 saturated heterocycles. The summed E-state index contributed by atoms with van der Waals surface area (Å²) in [4.78, 5) is 0.182. The number of aryl methyl sites for hydroxylation is 1. The van der Waals surface area contributed by atoms with E-state index in [0.29, 0.717) is 27.4 Å². The molecule has 4 rings (SSSR count). The van der Waals surface area contributed by atoms with E-state index in [0.717, 1.165) is 5.56 Å². The third-order valence-electron chi connectivity index (χ3n) is 5.77. The molecule has 0 saturated carbocycles. The van der Waals surface area contributed by atoms with Crippen molar-refractivity contribution in [3.8, 4) is 0 Å². The number of benzene rings is 3. The number of aliphatic hydroxyl groups is 1. The van der Waals surface area contributed by atoms with Gasteiger partial charge in [-0.25, -0.2) is 8.42 Å². The standard InChI is InChI=1S/C26H28ClNO3SSi/c1-19-10-13-22(14-11-19)32(30,31)28-18-26(29,20-8-6-5-7-9-20)24(17-33(2,3)4)23-16-21(27)12-15-25(23)28/h5-17,29H,18H2,1-4H3/b24-17+/t26-/m0/s1. The fourth-order valence-electron chi connectivity index (χ4n) is 4.19. The first kappa shape index (κ1) is 23.8. The van der Waals surface area contributed by atoms with Gasteiger partial charge in [0.1, 0.15) is 5.60 Å². The van der Waals surface area contributed by atoms with Crippen LogP contribution in [0.15, 0.2) is 83.4 Å². The van der Waals surface area contributed by atoms with Crippen LogP contribution in [0.3, 0.4) is 0 Å². The van der Waals surface area contributed by atoms with Gasteiger partial charge >= 0.3 is 0 Å². The summed E-state index contributed by atoms with van der Waals surface area (Å²) in [6, 6.07) is 21.2. The van der Waals surface area contributed by atoms with Crippen LogP contribution in [0.4, 0.5) is 5.69 Å². The molecule has 1 aliphatic rings. The highest BCUT2D eigenvalue weighted by molar-refractivity contribution is 7.92. The average molecular weight is 498 g/mol. The Morgan fingerprint density at radius 2 is 1.64 bits per heavy atom. The van der Waals surface area contributed by atoms with E-state index in [-0.39, 0.29) is 11.4 Å². The zero-order chi connectivity index (χ0) is 24.0. The molecule has 172 valence electrons. The number of hydrogen-bond donors (Lipinski definition) is 1. The van der Waals surface area contributed by atoms with Crippen LogP contribution >= 0.6 is 11.6 Å². The molecule has 3 aromatic rings. The highest BCUT2D eigenvalue weighted by atomic mass is 35.5. The molecule has 0 amide bonds. The maximum atomic E-state index is 13.8. The van der Waals surface area contributed by atoms with E-state index in [4.69, 9.17) is 11.6 Å². The average Bonchev–Trinajstić information content (AvgIpc) is 2.76. The molecular weight excluding hydrogens is 470 g/mol. The molecule has 1 N–H and O–H groups in total. The number of rotatable bonds is 4. The van der Waals surface area contributed by atoms with Crippen LogP contribution in [0.2, 0.25) is 24.7 Å². The number of sulfonamides is 1. The lowest BCUT2D eigenvalue weighted by molar-refractivity contribution is 0.109. The number of anilines is 1. The van der Waals surface area contributed by atoms with Gasteiger partial charge in [-0.3, -0.25) is 4.31 Å². The molecule has 0 fully saturated rings. The number of halogens is 1. The Labute approximate surface area is 202 Å². The van der Waals surface area contributed by atoms with Gasteiger partial charge in [0, 0.05) is 10.6 Å². The Balaban J connectivity index is 2.02. The minimum absolute atomic E-state index is 0.127. The van der Waals surface area contributed by atoms with Gasteiger partial charge in [-0.1, -0.05) is 85.0 Å². The second-order valence-electron chi connectivity index (χ2n) is 9.64. The maximum absolute atomic E-state index is 13.8. The van der Waals surface area contributed by atoms with E-state index < -0.39 is 23.7 Å². The molecule has 0 radical (unpaired) electrons. The van der Waals surface area contributed by atoms with E-state index in [1.165, 1.54) is 4.31 Å². The minimum atomic E-state index is -3.94. The summed E-state index contributed by atoms with van der Waals surface area (Å²) in [5, 5.41) is 12.7. The normalized spacial score (nSPS) is 20.1. The van der Waals surface area contributed by atoms with Crippen LogP contribution in [0.5, 0.6) is 0 Å². The molecule has 0 bridgehead atoms. The first-order chi connectivity index (χ1) is 15.4. The predicted octanol–water partition coefficient (Wildman–Crippen LogP) is 6.01. The van der Waals surface area contributed by atoms with Gasteiger partial charge < -0.3 is 5.11 Å². The summed E-state index contributed by atoms with van der Waals surface area (Å²) in [6.07, 6.45) is 0. The molecule has 0 unspecified atom stereocenters. The van der Waals surface area contributed by atoms with Crippen molar-refractivity contribution >= 4 is 41.0 Å². The zero-order valence-electron chi connectivity index (χ0n) is 19.2. The van der Waals surface area contributed by atoms with Crippen LogP contribution in [0.25, 0.3) is 5.57 Å². The van der Waals surface area contributed by atoms with E-state index in [9.17, 15) is 13.5 Å². The van der Waals surface area contributed by atoms with Crippen LogP contribution in [-0.2, 0) is 15.6 Å². The van der Waals surface area contributed by atoms with E-state index >= 15 is 0 Å². The summed E-state index contributed by atoms with van der Waals surface area (Å²) >= 11 is 6.38. The number of hydrogen-bond acceptors (Lipinski definition) is 3. The number of β-amino-alcohol motifs (C(OH)–C–C–N with tert-alkyl or cyclic N) is 1. The molecule has 1 aliphatic heterocycles. The Morgan fingerprint density at radius 1 is 1.00 bits per heavy atom. The van der Waals surface area contributed by atoms with Gasteiger partial charge in [-0.2, -0.15) is 0 Å². The Morgan fingerprint density at radius 3 is 2.24 bits per heavy atom. The second-order valence-corrected chi connectivity index (χ2v) is 17.0. The zero-order valence-corrected chi connectivity index (χ0v) is 21.8. The molecule has 3 aromatic carbocycles. The molecule has 1 heterocycles. The van der Waals surface area contributed by atoms with Gasteiger partial charge in [-0.15, -0.1) is 0 Å². The monoisotopic (exact) mass is 497 g/mol. The van der Waals surface area contributed by atoms with E-state index in [1.54, 1.807) is 42.5 Å². The van der Waals surface area contributed by atoms with Gasteiger partial charge in [0.15, 0.2) is 0 Å². The van der Waals surface area contributed by atoms with Gasteiger partial charge in [0.2, 0.25) is 0 Å². The summed E-state index contributed by atoms with van der Waals surface area (Å²) < 4.78 is 29.0. The molecule has 0 aromatic heterocycles. The summed E-state index contributed by atoms with van der Waals surface area (Å²) in [5.74, 6) is 0. The predicted molar refractivity (Wildman–Crippen MR) is 139 cm³/mol. The minimum Gasteiger partial charge on any atom is -0.378 e. The first-order valence-electron chi connectivity index (χ1n) is 10.8. The lowest BCUT2D eigenvalue weighted by atomic mass is 9.80. The highest BCUT2D eigenvalue weighted by Gasteiger charge is 2.46. The van der Waals surface area contributed by atoms with Crippen molar-refractivity contribution in [3.05, 3.63) is 100 Å². The van der Waals surface area contributed by atoms with Crippen molar-refractivity contribution in [2.24, 2.45) is 0 Å². The van der Waals surface area contributed by atoms with Crippen LogP contribution in [0, 0.1) is 6.92 Å². The Hall–Kier alpha value is -2.38. The molecule has 4 nitrogen and oxygen atoms in total. The van der Waals surface area contributed by atoms with E-state index in [1.807, 2.05) is 37.3 Å². The van der Waals surface area contributed by atoms with Crippen molar-refractivity contribution in [2.45, 2.75) is 37.1 Å². The Kier molecular flexibility index (Phi) is 6.08. The van der Waals surface area contributed by atoms with Crippen LogP contribution in [-0.4, -0.2) is 28.1 Å². The smallest absolute Gasteiger partial charge is 0.264 e. The van der Waals surface area contributed by atoms with Crippen LogP contribution in [0.1, 0.15) is 16.7 Å². The van der Waals surface area contributed by atoms with Crippen molar-refractivity contribution in [2.75, 3.05) is 10.8 Å². The summed E-state index contributed by atoms with van der Waals surface area (Å²) in [5.41, 5.74) is 4.09. The second kappa shape index (κ2) is 8.44. The molecule has 0 aliphatic carbocycles. The van der Waals surface area contributed by atoms with E-state index in [2.05, 4.69) is 25.3 Å². The SMILES string of the molecule is Cc1ccc(S(=O)(=O)N2C[C@](O)(c3ccccc3)/C(=C/[Si](C)(C)C)c3cc(Cl)ccc32)cc1. The van der Waals surface area contributed by atoms with Crippen molar-refractivity contribution in [1.82, 2.24) is 0 Å². The third-order valence-corrected chi connectivity index (χ3v) is 8.94. The first-order valence-corrected chi connectivity index (χ1v) is 16.2. The highest BCUT2D eigenvalue weighted by Crippen LogP contribution is 2.48. The lowest BCUT2D eigenvalue weighted by Crippen LogP contribution is -2.49. The van der Waals surface area contributed by atoms with Gasteiger partial charge in [0.05, 0.1) is 25.2 Å². The van der Waals surface area contributed by atoms with Gasteiger partial charge in [-0.05, 0) is 48.4 Å². The number of nitrogens with zero attached hydrogens (tertiary/aromatic N) is 1. The van der Waals surface area contributed by atoms with Crippen molar-refractivity contribution in [1.29, 1.82) is 0 Å². The molecule has 33 heavy (non-hydrogen) atoms. The summed E-state index contributed by atoms with van der Waals surface area (Å²) in [6.45, 7) is 8.34.